The number of aromatic nitrogens is 3. The summed E-state index contributed by atoms with van der Waals surface area (Å²) in [6.45, 7) is 5.90. The Balaban J connectivity index is 1.25. The van der Waals surface area contributed by atoms with Crippen molar-refractivity contribution in [3.8, 4) is 5.69 Å². The summed E-state index contributed by atoms with van der Waals surface area (Å²) in [6.07, 6.45) is 2.66. The second-order valence-electron chi connectivity index (χ2n) is 8.62. The van der Waals surface area contributed by atoms with Gasteiger partial charge in [0.25, 0.3) is 0 Å². The third-order valence-electron chi connectivity index (χ3n) is 6.42. The maximum absolute atomic E-state index is 12.9. The van der Waals surface area contributed by atoms with Crippen LogP contribution in [0.5, 0.6) is 0 Å². The number of hydrogen-bond acceptors (Lipinski definition) is 5. The van der Waals surface area contributed by atoms with Crippen molar-refractivity contribution in [3.63, 3.8) is 0 Å². The van der Waals surface area contributed by atoms with Crippen LogP contribution in [0.3, 0.4) is 0 Å². The number of para-hydroxylation sites is 1. The average Bonchev–Trinajstić information content (AvgIpc) is 3.42. The molecule has 1 N–H and O–H groups in total. The van der Waals surface area contributed by atoms with Crippen molar-refractivity contribution in [2.24, 2.45) is 0 Å². The van der Waals surface area contributed by atoms with Crippen molar-refractivity contribution in [2.75, 3.05) is 18.0 Å². The Morgan fingerprint density at radius 1 is 1.09 bits per heavy atom. The highest BCUT2D eigenvalue weighted by atomic mass is 32.1. The monoisotopic (exact) mass is 459 g/mol. The minimum Gasteiger partial charge on any atom is -0.353 e. The first kappa shape index (κ1) is 21.6. The first-order chi connectivity index (χ1) is 16.1. The Morgan fingerprint density at radius 3 is 2.42 bits per heavy atom. The smallest absolute Gasteiger partial charge is 0.227 e. The van der Waals surface area contributed by atoms with Gasteiger partial charge in [0.1, 0.15) is 0 Å². The van der Waals surface area contributed by atoms with E-state index in [2.05, 4.69) is 29.3 Å². The summed E-state index contributed by atoms with van der Waals surface area (Å²) in [5, 5.41) is 9.04. The summed E-state index contributed by atoms with van der Waals surface area (Å²) in [5.41, 5.74) is 4.04. The Labute approximate surface area is 198 Å². The van der Waals surface area contributed by atoms with E-state index in [9.17, 15) is 4.79 Å². The van der Waals surface area contributed by atoms with E-state index in [-0.39, 0.29) is 17.9 Å². The molecule has 1 amide bonds. The van der Waals surface area contributed by atoms with Crippen LogP contribution in [-0.4, -0.2) is 39.8 Å². The van der Waals surface area contributed by atoms with Gasteiger partial charge in [0.05, 0.1) is 22.0 Å². The van der Waals surface area contributed by atoms with Crippen LogP contribution < -0.4 is 10.2 Å². The van der Waals surface area contributed by atoms with Gasteiger partial charge in [0.15, 0.2) is 10.8 Å². The lowest BCUT2D eigenvalue weighted by Gasteiger charge is -2.33. The molecule has 170 valence electrons. The molecule has 0 spiro atoms. The fraction of sp³-hybridized carbons (Fsp3) is 0.346. The summed E-state index contributed by atoms with van der Waals surface area (Å²) in [4.78, 5) is 20.2. The number of rotatable bonds is 6. The highest BCUT2D eigenvalue weighted by Crippen LogP contribution is 2.33. The maximum atomic E-state index is 12.9. The number of piperidine rings is 1. The molecule has 0 saturated carbocycles. The summed E-state index contributed by atoms with van der Waals surface area (Å²) >= 11 is 1.71. The number of nitrogens with one attached hydrogen (secondary N) is 1. The number of aryl methyl sites for hydroxylation is 1. The lowest BCUT2D eigenvalue weighted by atomic mass is 9.94. The van der Waals surface area contributed by atoms with E-state index in [1.807, 2.05) is 60.1 Å². The summed E-state index contributed by atoms with van der Waals surface area (Å²) in [7, 11) is 0. The van der Waals surface area contributed by atoms with Crippen LogP contribution in [0.15, 0.2) is 60.7 Å². The molecular formula is C26H29N5OS. The summed E-state index contributed by atoms with van der Waals surface area (Å²) in [6, 6.07) is 20.4. The molecule has 7 heteroatoms. The van der Waals surface area contributed by atoms with Crippen LogP contribution in [0.4, 0.5) is 5.13 Å². The third kappa shape index (κ3) is 4.37. The van der Waals surface area contributed by atoms with Crippen molar-refractivity contribution in [1.29, 1.82) is 0 Å². The summed E-state index contributed by atoms with van der Waals surface area (Å²) < 4.78 is 3.07. The zero-order valence-corrected chi connectivity index (χ0v) is 19.9. The molecule has 1 saturated heterocycles. The highest BCUT2D eigenvalue weighted by molar-refractivity contribution is 7.22. The topological polar surface area (TPSA) is 63.1 Å². The minimum atomic E-state index is -0.0857. The van der Waals surface area contributed by atoms with Gasteiger partial charge in [-0.1, -0.05) is 66.8 Å². The Bertz CT molecular complexity index is 1230. The normalized spacial score (nSPS) is 15.6. The van der Waals surface area contributed by atoms with Crippen LogP contribution in [0.1, 0.15) is 43.4 Å². The zero-order chi connectivity index (χ0) is 22.8. The van der Waals surface area contributed by atoms with Gasteiger partial charge in [-0.3, -0.25) is 4.79 Å². The van der Waals surface area contributed by atoms with Crippen molar-refractivity contribution < 1.29 is 4.79 Å². The minimum absolute atomic E-state index is 0.0857. The molecule has 0 aliphatic carbocycles. The molecule has 0 radical (unpaired) electrons. The van der Waals surface area contributed by atoms with Crippen LogP contribution in [0, 0.1) is 6.92 Å². The number of nitrogens with zero attached hydrogens (tertiary/aromatic N) is 4. The van der Waals surface area contributed by atoms with E-state index < -0.39 is 0 Å². The molecule has 6 nitrogen and oxygen atoms in total. The van der Waals surface area contributed by atoms with Gasteiger partial charge in [-0.2, -0.15) is 10.1 Å². The lowest BCUT2D eigenvalue weighted by Crippen LogP contribution is -2.46. The fourth-order valence-corrected chi connectivity index (χ4v) is 5.62. The number of amides is 1. The van der Waals surface area contributed by atoms with Crippen molar-refractivity contribution >= 4 is 32.7 Å². The molecule has 2 aromatic carbocycles. The molecule has 0 bridgehead atoms. The van der Waals surface area contributed by atoms with E-state index in [1.165, 1.54) is 0 Å². The molecule has 0 unspecified atom stereocenters. The number of carbonyl (C=O) groups is 1. The highest BCUT2D eigenvalue weighted by Gasteiger charge is 2.27. The maximum Gasteiger partial charge on any atom is 0.227 e. The average molecular weight is 460 g/mol. The van der Waals surface area contributed by atoms with Gasteiger partial charge in [-0.25, -0.2) is 4.68 Å². The number of anilines is 1. The standard InChI is InChI=1S/C26H29N5OS/c1-3-22(19-10-6-4-7-11-19)25(32)27-20-14-16-30(17-15-20)26-28-24-23(33-26)18(2)29-31(24)21-12-8-5-9-13-21/h4-13,20,22H,3,14-17H2,1-2H3,(H,27,32)/t22-/m0/s1. The van der Waals surface area contributed by atoms with Gasteiger partial charge in [0, 0.05) is 19.1 Å². The van der Waals surface area contributed by atoms with Gasteiger partial charge >= 0.3 is 0 Å². The van der Waals surface area contributed by atoms with Gasteiger partial charge in [0.2, 0.25) is 5.91 Å². The van der Waals surface area contributed by atoms with Crippen LogP contribution in [0.2, 0.25) is 0 Å². The van der Waals surface area contributed by atoms with Crippen LogP contribution in [0.25, 0.3) is 16.0 Å². The van der Waals surface area contributed by atoms with Gasteiger partial charge in [-0.15, -0.1) is 0 Å². The van der Waals surface area contributed by atoms with E-state index in [0.717, 1.165) is 64.8 Å². The fourth-order valence-electron chi connectivity index (χ4n) is 4.58. The molecular weight excluding hydrogens is 430 g/mol. The molecule has 5 rings (SSSR count). The lowest BCUT2D eigenvalue weighted by molar-refractivity contribution is -0.123. The van der Waals surface area contributed by atoms with Crippen molar-refractivity contribution in [2.45, 2.75) is 45.1 Å². The predicted molar refractivity (Wildman–Crippen MR) is 134 cm³/mol. The Hall–Kier alpha value is -3.19. The largest absolute Gasteiger partial charge is 0.353 e. The second kappa shape index (κ2) is 9.35. The second-order valence-corrected chi connectivity index (χ2v) is 9.60. The quantitative estimate of drug-likeness (QED) is 0.437. The number of benzene rings is 2. The molecule has 1 fully saturated rings. The number of hydrogen-bond donors (Lipinski definition) is 1. The number of fused-ring (bicyclic) bond motifs is 1. The van der Waals surface area contributed by atoms with Crippen LogP contribution in [-0.2, 0) is 4.79 Å². The molecule has 1 aliphatic heterocycles. The van der Waals surface area contributed by atoms with Crippen molar-refractivity contribution in [3.05, 3.63) is 71.9 Å². The van der Waals surface area contributed by atoms with E-state index in [0.29, 0.717) is 0 Å². The Morgan fingerprint density at radius 2 is 1.76 bits per heavy atom. The molecule has 2 aromatic heterocycles. The van der Waals surface area contributed by atoms with Gasteiger partial charge < -0.3 is 10.2 Å². The first-order valence-electron chi connectivity index (χ1n) is 11.7. The zero-order valence-electron chi connectivity index (χ0n) is 19.1. The number of carbonyl (C=O) groups excluding carboxylic acids is 1. The van der Waals surface area contributed by atoms with E-state index >= 15 is 0 Å². The number of thiazole rings is 1. The predicted octanol–water partition coefficient (Wildman–Crippen LogP) is 5.07. The first-order valence-corrected chi connectivity index (χ1v) is 12.5. The SMILES string of the molecule is CC[C@H](C(=O)NC1CCN(c2nc3c(s2)c(C)nn3-c2ccccc2)CC1)c1ccccc1. The summed E-state index contributed by atoms with van der Waals surface area (Å²) in [5.74, 6) is 0.0538. The Kier molecular flexibility index (Phi) is 6.13. The third-order valence-corrected chi connectivity index (χ3v) is 7.63. The van der Waals surface area contributed by atoms with Crippen LogP contribution >= 0.6 is 11.3 Å². The molecule has 4 aromatic rings. The molecule has 1 aliphatic rings. The van der Waals surface area contributed by atoms with Crippen molar-refractivity contribution in [1.82, 2.24) is 20.1 Å². The molecule has 1 atom stereocenters. The van der Waals surface area contributed by atoms with Gasteiger partial charge in [-0.05, 0) is 43.9 Å². The molecule has 33 heavy (non-hydrogen) atoms. The van der Waals surface area contributed by atoms with E-state index in [4.69, 9.17) is 10.1 Å². The van der Waals surface area contributed by atoms with E-state index in [1.54, 1.807) is 11.3 Å². The molecule has 3 heterocycles.